The zero-order valence-electron chi connectivity index (χ0n) is 57.3. The van der Waals surface area contributed by atoms with Crippen LogP contribution in [0, 0.1) is 5.92 Å². The molecule has 2 atom stereocenters. The molecule has 0 saturated carbocycles. The highest BCUT2D eigenvalue weighted by atomic mass is 33.1. The van der Waals surface area contributed by atoms with Gasteiger partial charge in [0.25, 0.3) is 0 Å². The minimum Gasteiger partial charge on any atom is -0.356 e. The molecular formula is C76H148N2O4S2. The Kier molecular flexibility index (Phi) is 70.2. The fourth-order valence-electron chi connectivity index (χ4n) is 12.2. The number of hydrogen-bond acceptors (Lipinski definition) is 6. The molecule has 2 N–H and O–H groups in total. The molecule has 8 heteroatoms. The third kappa shape index (κ3) is 64.0. The van der Waals surface area contributed by atoms with Gasteiger partial charge in [-0.25, -0.2) is 0 Å². The number of unbranched alkanes of at least 4 members (excludes halogenated alkanes) is 55. The zero-order valence-corrected chi connectivity index (χ0v) is 58.9. The summed E-state index contributed by atoms with van der Waals surface area (Å²) in [7, 11) is 3.20. The summed E-state index contributed by atoms with van der Waals surface area (Å²) in [5.41, 5.74) is 0. The van der Waals surface area contributed by atoms with E-state index in [0.717, 1.165) is 51.4 Å². The second kappa shape index (κ2) is 71.1. The van der Waals surface area contributed by atoms with Gasteiger partial charge < -0.3 is 10.6 Å². The van der Waals surface area contributed by atoms with Crippen LogP contribution in [0.3, 0.4) is 0 Å². The van der Waals surface area contributed by atoms with E-state index in [1.165, 1.54) is 327 Å². The topological polar surface area (TPSA) is 92.3 Å². The number of Topliss-reactive ketones (excluding diaryl/α,β-unsaturated/α-hetero) is 2. The number of nitrogens with one attached hydrogen (secondary N) is 2. The highest BCUT2D eigenvalue weighted by molar-refractivity contribution is 8.76. The van der Waals surface area contributed by atoms with Gasteiger partial charge in [0.15, 0.2) is 5.78 Å². The van der Waals surface area contributed by atoms with Crippen molar-refractivity contribution in [1.29, 1.82) is 0 Å². The molecule has 0 aliphatic carbocycles. The Morgan fingerprint density at radius 2 is 0.536 bits per heavy atom. The molecule has 0 aromatic rings. The zero-order chi connectivity index (χ0) is 61.0. The van der Waals surface area contributed by atoms with E-state index in [4.69, 9.17) is 0 Å². The van der Waals surface area contributed by atoms with E-state index in [-0.39, 0.29) is 35.7 Å². The number of carbonyl (C=O) groups excluding carboxylic acids is 4. The molecule has 0 aliphatic rings. The molecule has 84 heavy (non-hydrogen) atoms. The summed E-state index contributed by atoms with van der Waals surface area (Å²) in [5.74, 6) is 0.980. The Labute approximate surface area is 534 Å². The van der Waals surface area contributed by atoms with Crippen LogP contribution in [0.4, 0.5) is 0 Å². The van der Waals surface area contributed by atoms with Crippen molar-refractivity contribution in [3.63, 3.8) is 0 Å². The molecule has 0 spiro atoms. The average molecular weight is 1220 g/mol. The quantitative estimate of drug-likeness (QED) is 0.0466. The van der Waals surface area contributed by atoms with Gasteiger partial charge in [-0.3, -0.25) is 19.2 Å². The van der Waals surface area contributed by atoms with Crippen LogP contribution in [0.2, 0.25) is 0 Å². The molecule has 0 bridgehead atoms. The maximum absolute atomic E-state index is 13.8. The fourth-order valence-corrected chi connectivity index (χ4v) is 14.7. The van der Waals surface area contributed by atoms with Gasteiger partial charge in [0.1, 0.15) is 5.78 Å². The second-order valence-corrected chi connectivity index (χ2v) is 29.1. The van der Waals surface area contributed by atoms with Crippen LogP contribution in [-0.4, -0.2) is 47.5 Å². The van der Waals surface area contributed by atoms with E-state index >= 15 is 0 Å². The van der Waals surface area contributed by atoms with Gasteiger partial charge in [-0.1, -0.05) is 402 Å². The molecule has 0 radical (unpaired) electrons. The largest absolute Gasteiger partial charge is 0.356 e. The van der Waals surface area contributed by atoms with Crippen molar-refractivity contribution >= 4 is 45.0 Å². The molecule has 0 unspecified atom stereocenters. The molecule has 0 aromatic carbocycles. The summed E-state index contributed by atoms with van der Waals surface area (Å²) in [6.45, 7) is 9.80. The lowest BCUT2D eigenvalue weighted by atomic mass is 9.99. The van der Waals surface area contributed by atoms with Crippen LogP contribution in [0.15, 0.2) is 0 Å². The molecule has 0 saturated heterocycles. The standard InChI is InChI=1S/C76H148N2O4S2/c1-5-9-13-17-21-25-29-31-33-35-37-39-41-43-46-48-52-56-60-64-72(79)68-71(76(82)77-67-63-59-55-51-28-24-20-16-12-8-4)69-83-84-70-73(74(80)65-61-57-53-49-45-27-23-19-15-11-7-3)78-75(81)66-62-58-54-50-47-44-42-40-38-36-34-32-30-26-22-18-14-10-6-2/h71,73H,5-70H2,1-4H3,(H,77,82)(H,78,81)/t71-,73-/m0/s1. The number of amides is 2. The molecule has 2 amide bonds. The Balaban J connectivity index is 5.01. The van der Waals surface area contributed by atoms with Crippen molar-refractivity contribution in [2.75, 3.05) is 18.1 Å². The lowest BCUT2D eigenvalue weighted by Crippen LogP contribution is -2.42. The average Bonchev–Trinajstić information content (AvgIpc) is 3.54. The minimum atomic E-state index is -0.516. The first-order valence-corrected chi connectivity index (χ1v) is 40.7. The lowest BCUT2D eigenvalue weighted by Gasteiger charge is -2.19. The maximum atomic E-state index is 13.8. The van der Waals surface area contributed by atoms with Crippen molar-refractivity contribution in [2.24, 2.45) is 5.92 Å². The normalized spacial score (nSPS) is 12.3. The Morgan fingerprint density at radius 3 is 0.845 bits per heavy atom. The highest BCUT2D eigenvalue weighted by Crippen LogP contribution is 2.28. The van der Waals surface area contributed by atoms with Gasteiger partial charge in [-0.05, 0) is 25.7 Å². The number of carbonyl (C=O) groups is 4. The minimum absolute atomic E-state index is 0.00227. The SMILES string of the molecule is CCCCCCCCCCCCCCCCCCCCCC(=O)C[C@@H](CSSC[C@H](NC(=O)CCCCCCCCCCCCCCCCCCCCC)C(=O)CCCCCCCCCCCCC)C(=O)NCCCCCCCCCCCC. The summed E-state index contributed by atoms with van der Waals surface area (Å²) in [4.78, 5) is 54.5. The van der Waals surface area contributed by atoms with Gasteiger partial charge >= 0.3 is 0 Å². The predicted molar refractivity (Wildman–Crippen MR) is 377 cm³/mol. The van der Waals surface area contributed by atoms with Crippen LogP contribution in [0.25, 0.3) is 0 Å². The van der Waals surface area contributed by atoms with Crippen molar-refractivity contribution in [1.82, 2.24) is 10.6 Å². The lowest BCUT2D eigenvalue weighted by molar-refractivity contribution is -0.128. The Morgan fingerprint density at radius 1 is 0.286 bits per heavy atom. The highest BCUT2D eigenvalue weighted by Gasteiger charge is 2.24. The van der Waals surface area contributed by atoms with E-state index in [1.807, 2.05) is 0 Å². The molecule has 498 valence electrons. The Bertz CT molecular complexity index is 1260. The van der Waals surface area contributed by atoms with E-state index < -0.39 is 6.04 Å². The molecular weight excluding hydrogens is 1070 g/mol. The van der Waals surface area contributed by atoms with Crippen LogP contribution < -0.4 is 10.6 Å². The number of ketones is 2. The Hall–Kier alpha value is -1.02. The van der Waals surface area contributed by atoms with Crippen LogP contribution in [0.5, 0.6) is 0 Å². The number of hydrogen-bond donors (Lipinski definition) is 2. The van der Waals surface area contributed by atoms with E-state index in [2.05, 4.69) is 38.3 Å². The van der Waals surface area contributed by atoms with Gasteiger partial charge in [0.2, 0.25) is 11.8 Å². The summed E-state index contributed by atoms with van der Waals surface area (Å²) >= 11 is 0. The summed E-state index contributed by atoms with van der Waals surface area (Å²) in [6, 6.07) is -0.516. The molecule has 0 aliphatic heterocycles. The van der Waals surface area contributed by atoms with Gasteiger partial charge in [0.05, 0.1) is 12.0 Å². The van der Waals surface area contributed by atoms with Gasteiger partial charge in [-0.15, -0.1) is 0 Å². The molecule has 0 fully saturated rings. The van der Waals surface area contributed by atoms with E-state index in [9.17, 15) is 19.2 Å². The fraction of sp³-hybridized carbons (Fsp3) is 0.947. The predicted octanol–water partition coefficient (Wildman–Crippen LogP) is 25.4. The van der Waals surface area contributed by atoms with Gasteiger partial charge in [0, 0.05) is 43.7 Å². The molecule has 0 rings (SSSR count). The molecule has 6 nitrogen and oxygen atoms in total. The molecule has 0 aromatic heterocycles. The van der Waals surface area contributed by atoms with Crippen LogP contribution in [0.1, 0.15) is 432 Å². The van der Waals surface area contributed by atoms with Crippen LogP contribution in [-0.2, 0) is 19.2 Å². The first kappa shape index (κ1) is 83.0. The second-order valence-electron chi connectivity index (χ2n) is 26.6. The van der Waals surface area contributed by atoms with Crippen molar-refractivity contribution in [3.05, 3.63) is 0 Å². The third-order valence-corrected chi connectivity index (χ3v) is 20.6. The molecule has 0 heterocycles. The number of rotatable bonds is 73. The summed E-state index contributed by atoms with van der Waals surface area (Å²) in [5, 5.41) is 6.41. The van der Waals surface area contributed by atoms with Crippen molar-refractivity contribution in [2.45, 2.75) is 438 Å². The summed E-state index contributed by atoms with van der Waals surface area (Å²) in [6.07, 6.45) is 78.7. The first-order chi connectivity index (χ1) is 41.4. The summed E-state index contributed by atoms with van der Waals surface area (Å²) < 4.78 is 0. The smallest absolute Gasteiger partial charge is 0.224 e. The maximum Gasteiger partial charge on any atom is 0.224 e. The van der Waals surface area contributed by atoms with Gasteiger partial charge in [-0.2, -0.15) is 0 Å². The third-order valence-electron chi connectivity index (χ3n) is 18.1. The van der Waals surface area contributed by atoms with E-state index in [0.29, 0.717) is 37.3 Å². The van der Waals surface area contributed by atoms with Crippen molar-refractivity contribution < 1.29 is 19.2 Å². The van der Waals surface area contributed by atoms with E-state index in [1.54, 1.807) is 21.6 Å². The van der Waals surface area contributed by atoms with Crippen molar-refractivity contribution in [3.8, 4) is 0 Å². The van der Waals surface area contributed by atoms with Crippen LogP contribution >= 0.6 is 21.6 Å². The monoisotopic (exact) mass is 1220 g/mol. The first-order valence-electron chi connectivity index (χ1n) is 38.2.